The van der Waals surface area contributed by atoms with Crippen molar-refractivity contribution in [3.05, 3.63) is 95.1 Å². The van der Waals surface area contributed by atoms with Crippen LogP contribution < -0.4 is 0 Å². The van der Waals surface area contributed by atoms with Crippen LogP contribution in [0.25, 0.3) is 0 Å². The number of sulfone groups is 1. The van der Waals surface area contributed by atoms with E-state index in [2.05, 4.69) is 0 Å². The summed E-state index contributed by atoms with van der Waals surface area (Å²) in [6.45, 7) is 3.40. The molecule has 1 unspecified atom stereocenters. The first-order valence-corrected chi connectivity index (χ1v) is 12.7. The van der Waals surface area contributed by atoms with Gasteiger partial charge in [-0.05, 0) is 50.2 Å². The molecule has 3 rings (SSSR count). The van der Waals surface area contributed by atoms with Crippen LogP contribution in [0.4, 0.5) is 13.2 Å². The van der Waals surface area contributed by atoms with E-state index in [1.807, 2.05) is 0 Å². The van der Waals surface area contributed by atoms with Gasteiger partial charge in [-0.3, -0.25) is 4.79 Å². The van der Waals surface area contributed by atoms with Gasteiger partial charge in [0.15, 0.2) is 0 Å². The van der Waals surface area contributed by atoms with Crippen LogP contribution in [0, 0.1) is 13.8 Å². The highest BCUT2D eigenvalue weighted by Gasteiger charge is 2.40. The van der Waals surface area contributed by atoms with Crippen LogP contribution in [0.3, 0.4) is 0 Å². The summed E-state index contributed by atoms with van der Waals surface area (Å²) >= 11 is 0. The average Bonchev–Trinajstić information content (AvgIpc) is 2.77. The molecule has 3 aromatic carbocycles. The summed E-state index contributed by atoms with van der Waals surface area (Å²) in [6, 6.07) is 13.3. The molecule has 0 aliphatic carbocycles. The zero-order chi connectivity index (χ0) is 25.3. The first kappa shape index (κ1) is 25.6. The minimum atomic E-state index is -4.74. The second-order valence-electron chi connectivity index (χ2n) is 7.49. The van der Waals surface area contributed by atoms with Gasteiger partial charge in [-0.2, -0.15) is 21.6 Å². The van der Waals surface area contributed by atoms with Gasteiger partial charge < -0.3 is 0 Å². The molecule has 0 aromatic heterocycles. The Bertz CT molecular complexity index is 1390. The standard InChI is InChI=1S/C23H19F3O6S2/c1-15-3-11-19(12-4-15)33(28,29)22(32-34(30,31)20-13-5-16(2)6-14-20)21(27)17-7-9-18(10-8-17)23(24,25)26/h3-14,22H,1-2H3. The van der Waals surface area contributed by atoms with Gasteiger partial charge in [0.1, 0.15) is 0 Å². The molecule has 0 fully saturated rings. The van der Waals surface area contributed by atoms with Crippen LogP contribution in [0.2, 0.25) is 0 Å². The molecule has 6 nitrogen and oxygen atoms in total. The van der Waals surface area contributed by atoms with Crippen molar-refractivity contribution in [1.29, 1.82) is 0 Å². The third-order valence-electron chi connectivity index (χ3n) is 4.87. The largest absolute Gasteiger partial charge is 0.416 e. The van der Waals surface area contributed by atoms with Crippen molar-refractivity contribution < 1.29 is 39.0 Å². The number of benzene rings is 3. The van der Waals surface area contributed by atoms with Crippen LogP contribution in [0.5, 0.6) is 0 Å². The number of ketones is 1. The Balaban J connectivity index is 2.08. The summed E-state index contributed by atoms with van der Waals surface area (Å²) in [5, 5.41) is 0. The Morgan fingerprint density at radius 1 is 0.735 bits per heavy atom. The highest BCUT2D eigenvalue weighted by atomic mass is 32.2. The molecule has 1 atom stereocenters. The molecule has 180 valence electrons. The molecule has 0 radical (unpaired) electrons. The van der Waals surface area contributed by atoms with Gasteiger partial charge in [-0.25, -0.2) is 12.6 Å². The Labute approximate surface area is 195 Å². The molecule has 0 N–H and O–H groups in total. The molecule has 0 amide bonds. The number of halogens is 3. The Morgan fingerprint density at radius 3 is 1.62 bits per heavy atom. The topological polar surface area (TPSA) is 94.6 Å². The lowest BCUT2D eigenvalue weighted by Gasteiger charge is -2.18. The summed E-state index contributed by atoms with van der Waals surface area (Å²) < 4.78 is 95.7. The summed E-state index contributed by atoms with van der Waals surface area (Å²) in [5.41, 5.74) is -2.65. The van der Waals surface area contributed by atoms with Gasteiger partial charge in [0, 0.05) is 5.56 Å². The molecular formula is C23H19F3O6S2. The van der Waals surface area contributed by atoms with Crippen LogP contribution in [-0.2, 0) is 30.3 Å². The van der Waals surface area contributed by atoms with Gasteiger partial charge >= 0.3 is 6.18 Å². The van der Waals surface area contributed by atoms with Gasteiger partial charge in [-0.1, -0.05) is 47.5 Å². The first-order chi connectivity index (χ1) is 15.7. The maximum absolute atomic E-state index is 13.3. The van der Waals surface area contributed by atoms with E-state index in [9.17, 15) is 34.8 Å². The normalized spacial score (nSPS) is 13.4. The van der Waals surface area contributed by atoms with Crippen molar-refractivity contribution in [2.24, 2.45) is 0 Å². The lowest BCUT2D eigenvalue weighted by atomic mass is 10.1. The summed E-state index contributed by atoms with van der Waals surface area (Å²) in [4.78, 5) is 12.3. The van der Waals surface area contributed by atoms with Crippen LogP contribution >= 0.6 is 0 Å². The third kappa shape index (κ3) is 5.54. The fourth-order valence-electron chi connectivity index (χ4n) is 2.92. The fraction of sp³-hybridized carbons (Fsp3) is 0.174. The minimum Gasteiger partial charge on any atom is -0.290 e. The van der Waals surface area contributed by atoms with Crippen molar-refractivity contribution in [3.63, 3.8) is 0 Å². The number of rotatable bonds is 7. The molecule has 0 heterocycles. The van der Waals surface area contributed by atoms with Crippen molar-refractivity contribution >= 4 is 25.7 Å². The van der Waals surface area contributed by atoms with Crippen LogP contribution in [0.15, 0.2) is 82.6 Å². The molecule has 0 bridgehead atoms. The van der Waals surface area contributed by atoms with Gasteiger partial charge in [0.25, 0.3) is 10.1 Å². The van der Waals surface area contributed by atoms with E-state index in [1.54, 1.807) is 13.8 Å². The maximum Gasteiger partial charge on any atom is 0.416 e. The van der Waals surface area contributed by atoms with E-state index < -0.39 is 48.5 Å². The SMILES string of the molecule is Cc1ccc(S(=O)(=O)OC(C(=O)c2ccc(C(F)(F)F)cc2)S(=O)(=O)c2ccc(C)cc2)cc1. The second kappa shape index (κ2) is 9.32. The molecule has 0 saturated carbocycles. The third-order valence-corrected chi connectivity index (χ3v) is 8.09. The zero-order valence-corrected chi connectivity index (χ0v) is 19.5. The van der Waals surface area contributed by atoms with Gasteiger partial charge in [0.05, 0.1) is 15.4 Å². The highest BCUT2D eigenvalue weighted by Crippen LogP contribution is 2.30. The van der Waals surface area contributed by atoms with Crippen molar-refractivity contribution in [1.82, 2.24) is 0 Å². The monoisotopic (exact) mass is 512 g/mol. The fourth-order valence-corrected chi connectivity index (χ4v) is 5.73. The quantitative estimate of drug-likeness (QED) is 0.336. The molecule has 0 saturated heterocycles. The number of alkyl halides is 3. The molecule has 11 heteroatoms. The van der Waals surface area contributed by atoms with Crippen molar-refractivity contribution in [2.75, 3.05) is 0 Å². The maximum atomic E-state index is 13.3. The first-order valence-electron chi connectivity index (χ1n) is 9.74. The van der Waals surface area contributed by atoms with E-state index in [-0.39, 0.29) is 9.79 Å². The number of carbonyl (C=O) groups is 1. The lowest BCUT2D eigenvalue weighted by Crippen LogP contribution is -2.35. The molecule has 3 aromatic rings. The number of hydrogen-bond donors (Lipinski definition) is 0. The molecule has 0 spiro atoms. The van der Waals surface area contributed by atoms with Gasteiger partial charge in [0.2, 0.25) is 21.1 Å². The number of hydrogen-bond acceptors (Lipinski definition) is 6. The second-order valence-corrected chi connectivity index (χ2v) is 11.1. The Morgan fingerprint density at radius 2 is 1.18 bits per heavy atom. The summed E-state index contributed by atoms with van der Waals surface area (Å²) in [7, 11) is -9.47. The lowest BCUT2D eigenvalue weighted by molar-refractivity contribution is -0.137. The number of aryl methyl sites for hydroxylation is 2. The Kier molecular flexibility index (Phi) is 7.02. The predicted molar refractivity (Wildman–Crippen MR) is 117 cm³/mol. The average molecular weight is 513 g/mol. The summed E-state index contributed by atoms with van der Waals surface area (Å²) in [5.74, 6) is -1.33. The van der Waals surface area contributed by atoms with Crippen LogP contribution in [-0.4, -0.2) is 28.1 Å². The van der Waals surface area contributed by atoms with Crippen LogP contribution in [0.1, 0.15) is 27.0 Å². The predicted octanol–water partition coefficient (Wildman–Crippen LogP) is 4.71. The molecular weight excluding hydrogens is 493 g/mol. The molecule has 0 aliphatic rings. The van der Waals surface area contributed by atoms with E-state index in [1.165, 1.54) is 48.5 Å². The molecule has 0 aliphatic heterocycles. The smallest absolute Gasteiger partial charge is 0.290 e. The highest BCUT2D eigenvalue weighted by molar-refractivity contribution is 7.94. The Hall–Kier alpha value is -3.02. The van der Waals surface area contributed by atoms with E-state index in [0.717, 1.165) is 17.7 Å². The van der Waals surface area contributed by atoms with E-state index in [4.69, 9.17) is 4.18 Å². The number of Topliss-reactive ketones (excluding diaryl/α,β-unsaturated/α-hetero) is 1. The van der Waals surface area contributed by atoms with E-state index >= 15 is 0 Å². The molecule has 34 heavy (non-hydrogen) atoms. The van der Waals surface area contributed by atoms with Crippen molar-refractivity contribution in [3.8, 4) is 0 Å². The van der Waals surface area contributed by atoms with E-state index in [0.29, 0.717) is 17.7 Å². The van der Waals surface area contributed by atoms with Crippen molar-refractivity contribution in [2.45, 2.75) is 35.3 Å². The zero-order valence-electron chi connectivity index (χ0n) is 17.9. The van der Waals surface area contributed by atoms with Gasteiger partial charge in [-0.15, -0.1) is 0 Å². The minimum absolute atomic E-state index is 0.387. The number of carbonyl (C=O) groups excluding carboxylic acids is 1. The summed E-state index contributed by atoms with van der Waals surface area (Å²) in [6.07, 6.45) is -4.68.